The number of alkyl halides is 2. The lowest BCUT2D eigenvalue weighted by Gasteiger charge is -2.21. The van der Waals surface area contributed by atoms with Crippen molar-refractivity contribution in [1.29, 1.82) is 0 Å². The van der Waals surface area contributed by atoms with E-state index in [-0.39, 0.29) is 10.7 Å². The van der Waals surface area contributed by atoms with Gasteiger partial charge in [0.15, 0.2) is 5.78 Å². The smallest absolute Gasteiger partial charge is 0.293 e. The molecule has 0 aliphatic heterocycles. The Balaban J connectivity index is 2.27. The molecule has 1 aliphatic rings. The third-order valence-corrected chi connectivity index (χ3v) is 6.87. The van der Waals surface area contributed by atoms with Crippen LogP contribution in [-0.2, 0) is 19.2 Å². The standard InChI is InChI=1S/C14H13Br2NO4S/c1-8-3-5-10(6-4-8)22(19,20)21-17-11-7-9(2)14(18)13(16)12(11)15/h3-7,12-13H,1-2H3/b17-11-. The van der Waals surface area contributed by atoms with Crippen LogP contribution in [0.25, 0.3) is 0 Å². The quantitative estimate of drug-likeness (QED) is 0.523. The molecule has 1 aromatic carbocycles. The van der Waals surface area contributed by atoms with Crippen molar-refractivity contribution in [2.24, 2.45) is 5.16 Å². The van der Waals surface area contributed by atoms with E-state index in [9.17, 15) is 13.2 Å². The van der Waals surface area contributed by atoms with E-state index in [1.807, 2.05) is 6.92 Å². The van der Waals surface area contributed by atoms with Crippen LogP contribution in [0.5, 0.6) is 0 Å². The highest BCUT2D eigenvalue weighted by Gasteiger charge is 2.33. The zero-order valence-corrected chi connectivity index (χ0v) is 15.8. The Bertz CT molecular complexity index is 754. The number of oxime groups is 1. The fraction of sp³-hybridized carbons (Fsp3) is 0.286. The highest BCUT2D eigenvalue weighted by atomic mass is 79.9. The molecule has 1 aromatic rings. The molecule has 0 bridgehead atoms. The summed E-state index contributed by atoms with van der Waals surface area (Å²) in [7, 11) is -3.99. The van der Waals surface area contributed by atoms with Crippen LogP contribution in [0.1, 0.15) is 12.5 Å². The summed E-state index contributed by atoms with van der Waals surface area (Å²) < 4.78 is 28.9. The van der Waals surface area contributed by atoms with E-state index < -0.39 is 19.8 Å². The minimum absolute atomic E-state index is 0.0246. The predicted molar refractivity (Wildman–Crippen MR) is 91.1 cm³/mol. The van der Waals surface area contributed by atoms with Crippen molar-refractivity contribution in [3.05, 3.63) is 41.5 Å². The average Bonchev–Trinajstić information content (AvgIpc) is 2.48. The fourth-order valence-electron chi connectivity index (χ4n) is 1.79. The Labute approximate surface area is 145 Å². The van der Waals surface area contributed by atoms with Crippen LogP contribution >= 0.6 is 31.9 Å². The first-order valence-corrected chi connectivity index (χ1v) is 9.55. The van der Waals surface area contributed by atoms with Gasteiger partial charge in [-0.2, -0.15) is 8.42 Å². The van der Waals surface area contributed by atoms with Crippen LogP contribution in [-0.4, -0.2) is 29.6 Å². The van der Waals surface area contributed by atoms with Crippen LogP contribution in [0.3, 0.4) is 0 Å². The number of hydrogen-bond donors (Lipinski definition) is 0. The van der Waals surface area contributed by atoms with Crippen LogP contribution in [0.15, 0.2) is 46.0 Å². The number of hydrogen-bond acceptors (Lipinski definition) is 5. The predicted octanol–water partition coefficient (Wildman–Crippen LogP) is 3.11. The number of benzene rings is 1. The van der Waals surface area contributed by atoms with Gasteiger partial charge in [0.05, 0.1) is 15.4 Å². The molecule has 0 heterocycles. The van der Waals surface area contributed by atoms with Gasteiger partial charge in [-0.1, -0.05) is 54.7 Å². The molecule has 0 radical (unpaired) electrons. The highest BCUT2D eigenvalue weighted by molar-refractivity contribution is 9.12. The van der Waals surface area contributed by atoms with Gasteiger partial charge in [-0.3, -0.25) is 9.08 Å². The number of aryl methyl sites for hydroxylation is 1. The molecule has 0 saturated carbocycles. The maximum atomic E-state index is 12.1. The highest BCUT2D eigenvalue weighted by Crippen LogP contribution is 2.26. The lowest BCUT2D eigenvalue weighted by atomic mass is 9.98. The topological polar surface area (TPSA) is 72.8 Å². The molecule has 2 atom stereocenters. The third-order valence-electron chi connectivity index (χ3n) is 3.09. The molecule has 0 spiro atoms. The first-order chi connectivity index (χ1) is 10.2. The molecule has 2 rings (SSSR count). The van der Waals surface area contributed by atoms with E-state index in [1.54, 1.807) is 19.1 Å². The van der Waals surface area contributed by atoms with Crippen LogP contribution in [0, 0.1) is 6.92 Å². The van der Waals surface area contributed by atoms with Crippen LogP contribution < -0.4 is 0 Å². The minimum atomic E-state index is -3.99. The summed E-state index contributed by atoms with van der Waals surface area (Å²) in [5, 5.41) is 3.69. The molecule has 0 fully saturated rings. The molecule has 2 unspecified atom stereocenters. The zero-order valence-electron chi connectivity index (χ0n) is 11.8. The van der Waals surface area contributed by atoms with Crippen LogP contribution in [0.2, 0.25) is 0 Å². The van der Waals surface area contributed by atoms with Gasteiger partial charge in [-0.05, 0) is 37.6 Å². The molecule has 22 heavy (non-hydrogen) atoms. The lowest BCUT2D eigenvalue weighted by molar-refractivity contribution is -0.114. The van der Waals surface area contributed by atoms with Gasteiger partial charge in [0, 0.05) is 0 Å². The molecule has 5 nitrogen and oxygen atoms in total. The summed E-state index contributed by atoms with van der Waals surface area (Å²) in [5.41, 5.74) is 1.75. The van der Waals surface area contributed by atoms with E-state index in [2.05, 4.69) is 37.0 Å². The molecule has 8 heteroatoms. The zero-order chi connectivity index (χ0) is 16.5. The third kappa shape index (κ3) is 3.67. The Morgan fingerprint density at radius 1 is 1.09 bits per heavy atom. The molecular weight excluding hydrogens is 438 g/mol. The van der Waals surface area contributed by atoms with Crippen molar-refractivity contribution < 1.29 is 17.5 Å². The molecule has 0 aromatic heterocycles. The number of allylic oxidation sites excluding steroid dienone is 2. The maximum Gasteiger partial charge on any atom is 0.358 e. The number of halogens is 2. The van der Waals surface area contributed by atoms with Gasteiger partial charge in [0.2, 0.25) is 0 Å². The van der Waals surface area contributed by atoms with Crippen molar-refractivity contribution in [2.75, 3.05) is 0 Å². The summed E-state index contributed by atoms with van der Waals surface area (Å²) in [4.78, 5) is 10.8. The van der Waals surface area contributed by atoms with E-state index in [4.69, 9.17) is 4.28 Å². The number of carbonyl (C=O) groups is 1. The SMILES string of the molecule is CC1=C/C(=N/OS(=O)(=O)c2ccc(C)cc2)C(Br)C(Br)C1=O. The summed E-state index contributed by atoms with van der Waals surface area (Å²) in [6.45, 7) is 3.50. The normalized spacial score (nSPS) is 24.3. The number of Topliss-reactive ketones (excluding diaryl/α,β-unsaturated/α-hetero) is 1. The molecular formula is C14H13Br2NO4S. The largest absolute Gasteiger partial charge is 0.358 e. The van der Waals surface area contributed by atoms with Crippen molar-refractivity contribution in [2.45, 2.75) is 28.4 Å². The van der Waals surface area contributed by atoms with E-state index in [0.717, 1.165) is 5.56 Å². The summed E-state index contributed by atoms with van der Waals surface area (Å²) in [6.07, 6.45) is 1.50. The molecule has 0 saturated heterocycles. The minimum Gasteiger partial charge on any atom is -0.293 e. The monoisotopic (exact) mass is 449 g/mol. The van der Waals surface area contributed by atoms with Gasteiger partial charge in [-0.15, -0.1) is 0 Å². The molecule has 0 amide bonds. The van der Waals surface area contributed by atoms with Gasteiger partial charge in [0.1, 0.15) is 4.90 Å². The summed E-state index contributed by atoms with van der Waals surface area (Å²) in [5.74, 6) is -0.0813. The second-order valence-electron chi connectivity index (χ2n) is 4.85. The van der Waals surface area contributed by atoms with Gasteiger partial charge < -0.3 is 0 Å². The van der Waals surface area contributed by atoms with Gasteiger partial charge >= 0.3 is 10.1 Å². The summed E-state index contributed by atoms with van der Waals surface area (Å²) >= 11 is 6.55. The lowest BCUT2D eigenvalue weighted by Crippen LogP contribution is -2.35. The second kappa shape index (κ2) is 6.64. The van der Waals surface area contributed by atoms with E-state index in [1.165, 1.54) is 18.2 Å². The molecule has 0 N–H and O–H groups in total. The van der Waals surface area contributed by atoms with Crippen molar-refractivity contribution >= 4 is 53.5 Å². The average molecular weight is 451 g/mol. The van der Waals surface area contributed by atoms with Crippen molar-refractivity contribution in [3.8, 4) is 0 Å². The maximum absolute atomic E-state index is 12.1. The molecule has 1 aliphatic carbocycles. The first-order valence-electron chi connectivity index (χ1n) is 6.31. The Morgan fingerprint density at radius 2 is 1.68 bits per heavy atom. The van der Waals surface area contributed by atoms with Crippen molar-refractivity contribution in [1.82, 2.24) is 0 Å². The Hall–Kier alpha value is -0.990. The second-order valence-corrected chi connectivity index (χ2v) is 8.35. The van der Waals surface area contributed by atoms with Crippen LogP contribution in [0.4, 0.5) is 0 Å². The van der Waals surface area contributed by atoms with Gasteiger partial charge in [-0.25, -0.2) is 0 Å². The number of carbonyl (C=O) groups excluding carboxylic acids is 1. The number of rotatable bonds is 3. The fourth-order valence-corrected chi connectivity index (χ4v) is 3.62. The van der Waals surface area contributed by atoms with Gasteiger partial charge in [0.25, 0.3) is 0 Å². The Kier molecular flexibility index (Phi) is 5.24. The number of nitrogens with zero attached hydrogens (tertiary/aromatic N) is 1. The van der Waals surface area contributed by atoms with E-state index >= 15 is 0 Å². The molecule has 118 valence electrons. The number of ketones is 1. The first kappa shape index (κ1) is 17.4. The van der Waals surface area contributed by atoms with E-state index in [0.29, 0.717) is 11.3 Å². The summed E-state index contributed by atoms with van der Waals surface area (Å²) in [6, 6.07) is 6.26. The Morgan fingerprint density at radius 3 is 2.27 bits per heavy atom. The van der Waals surface area contributed by atoms with Crippen molar-refractivity contribution in [3.63, 3.8) is 0 Å².